The molecule has 19 heavy (non-hydrogen) atoms. The number of ether oxygens (including phenoxy) is 1. The van der Waals surface area contributed by atoms with Crippen molar-refractivity contribution in [2.45, 2.75) is 25.6 Å². The van der Waals surface area contributed by atoms with Crippen molar-refractivity contribution < 1.29 is 23.4 Å². The second kappa shape index (κ2) is 5.97. The molecule has 0 saturated carbocycles. The highest BCUT2D eigenvalue weighted by Crippen LogP contribution is 2.16. The summed E-state index contributed by atoms with van der Waals surface area (Å²) in [7, 11) is 0. The molecule has 2 rings (SSSR count). The highest BCUT2D eigenvalue weighted by Gasteiger charge is 2.22. The van der Waals surface area contributed by atoms with Crippen molar-refractivity contribution in [3.05, 3.63) is 35.4 Å². The van der Waals surface area contributed by atoms with Gasteiger partial charge in [0.15, 0.2) is 11.6 Å². The molecule has 0 bridgehead atoms. The summed E-state index contributed by atoms with van der Waals surface area (Å²) in [6.07, 6.45) is 0.286. The van der Waals surface area contributed by atoms with E-state index in [0.29, 0.717) is 31.5 Å². The largest absolute Gasteiger partial charge is 0.465 e. The molecular weight excluding hydrogens is 256 g/mol. The van der Waals surface area contributed by atoms with Crippen LogP contribution in [0.3, 0.4) is 0 Å². The van der Waals surface area contributed by atoms with Gasteiger partial charge in [0.25, 0.3) is 0 Å². The van der Waals surface area contributed by atoms with Crippen LogP contribution < -0.4 is 0 Å². The van der Waals surface area contributed by atoms with Gasteiger partial charge in [0.2, 0.25) is 0 Å². The normalized spacial score (nSPS) is 16.6. The van der Waals surface area contributed by atoms with Crippen LogP contribution in [-0.2, 0) is 11.3 Å². The third kappa shape index (κ3) is 3.64. The zero-order valence-electron chi connectivity index (χ0n) is 10.3. The summed E-state index contributed by atoms with van der Waals surface area (Å²) in [5, 5.41) is 8.80. The molecule has 1 aliphatic rings. The maximum atomic E-state index is 13.0. The van der Waals surface area contributed by atoms with Crippen molar-refractivity contribution >= 4 is 6.09 Å². The van der Waals surface area contributed by atoms with Gasteiger partial charge in [0.1, 0.15) is 0 Å². The van der Waals surface area contributed by atoms with Crippen molar-refractivity contribution in [1.82, 2.24) is 4.90 Å². The van der Waals surface area contributed by atoms with Crippen molar-refractivity contribution in [2.24, 2.45) is 0 Å². The molecule has 0 aromatic heterocycles. The van der Waals surface area contributed by atoms with E-state index < -0.39 is 17.7 Å². The fourth-order valence-electron chi connectivity index (χ4n) is 2.06. The molecule has 0 aliphatic carbocycles. The molecule has 1 aromatic rings. The van der Waals surface area contributed by atoms with E-state index in [1.807, 2.05) is 0 Å². The molecule has 1 fully saturated rings. The first-order valence-electron chi connectivity index (χ1n) is 6.09. The summed E-state index contributed by atoms with van der Waals surface area (Å²) in [6, 6.07) is 3.66. The number of hydrogen-bond acceptors (Lipinski definition) is 2. The molecule has 1 aliphatic heterocycles. The van der Waals surface area contributed by atoms with Crippen molar-refractivity contribution in [2.75, 3.05) is 13.1 Å². The molecule has 4 nitrogen and oxygen atoms in total. The Balaban J connectivity index is 1.80. The predicted octanol–water partition coefficient (Wildman–Crippen LogP) is 2.62. The Morgan fingerprint density at radius 3 is 2.58 bits per heavy atom. The summed E-state index contributed by atoms with van der Waals surface area (Å²) < 4.78 is 31.3. The Kier molecular flexibility index (Phi) is 4.31. The van der Waals surface area contributed by atoms with Crippen molar-refractivity contribution in [1.29, 1.82) is 0 Å². The van der Waals surface area contributed by atoms with Gasteiger partial charge in [0.05, 0.1) is 12.7 Å². The predicted molar refractivity (Wildman–Crippen MR) is 63.8 cm³/mol. The molecule has 6 heteroatoms. The van der Waals surface area contributed by atoms with E-state index in [4.69, 9.17) is 9.84 Å². The van der Waals surface area contributed by atoms with Gasteiger partial charge in [-0.3, -0.25) is 0 Å². The first-order chi connectivity index (χ1) is 9.06. The zero-order chi connectivity index (χ0) is 13.8. The molecule has 1 amide bonds. The lowest BCUT2D eigenvalue weighted by Crippen LogP contribution is -2.40. The van der Waals surface area contributed by atoms with Gasteiger partial charge >= 0.3 is 6.09 Å². The summed E-state index contributed by atoms with van der Waals surface area (Å²) >= 11 is 0. The molecule has 1 saturated heterocycles. The zero-order valence-corrected chi connectivity index (χ0v) is 10.3. The molecular formula is C13H15F2NO3. The molecule has 1 aromatic carbocycles. The standard InChI is InChI=1S/C13H15F2NO3/c14-11-2-1-9(7-12(11)15)8-19-10-3-5-16(6-4-10)13(17)18/h1-2,7,10H,3-6,8H2,(H,17,18). The quantitative estimate of drug-likeness (QED) is 0.919. The van der Waals surface area contributed by atoms with Gasteiger partial charge in [-0.1, -0.05) is 6.07 Å². The third-order valence-electron chi connectivity index (χ3n) is 3.18. The van der Waals surface area contributed by atoms with Gasteiger partial charge in [-0.2, -0.15) is 0 Å². The van der Waals surface area contributed by atoms with Gasteiger partial charge in [0, 0.05) is 13.1 Å². The van der Waals surface area contributed by atoms with Crippen LogP contribution in [0, 0.1) is 11.6 Å². The number of amides is 1. The maximum absolute atomic E-state index is 13.0. The number of hydrogen-bond donors (Lipinski definition) is 1. The summed E-state index contributed by atoms with van der Waals surface area (Å²) in [5.41, 5.74) is 0.569. The van der Waals surface area contributed by atoms with E-state index in [9.17, 15) is 13.6 Å². The van der Waals surface area contributed by atoms with Crippen LogP contribution in [-0.4, -0.2) is 35.3 Å². The highest BCUT2D eigenvalue weighted by atomic mass is 19.2. The number of carbonyl (C=O) groups is 1. The van der Waals surface area contributed by atoms with Crippen LogP contribution in [0.15, 0.2) is 18.2 Å². The molecule has 1 heterocycles. The van der Waals surface area contributed by atoms with Crippen molar-refractivity contribution in [3.8, 4) is 0 Å². The summed E-state index contributed by atoms with van der Waals surface area (Å²) in [5.74, 6) is -1.76. The second-order valence-corrected chi connectivity index (χ2v) is 4.53. The lowest BCUT2D eigenvalue weighted by molar-refractivity contribution is 0.000257. The molecule has 0 atom stereocenters. The van der Waals surface area contributed by atoms with Gasteiger partial charge < -0.3 is 14.7 Å². The molecule has 1 N–H and O–H groups in total. The number of halogens is 2. The summed E-state index contributed by atoms with van der Waals surface area (Å²) in [4.78, 5) is 12.1. The molecule has 0 unspecified atom stereocenters. The Morgan fingerprint density at radius 2 is 2.00 bits per heavy atom. The molecule has 0 spiro atoms. The molecule has 0 radical (unpaired) electrons. The van der Waals surface area contributed by atoms with Crippen LogP contribution >= 0.6 is 0 Å². The van der Waals surface area contributed by atoms with Crippen LogP contribution in [0.2, 0.25) is 0 Å². The minimum atomic E-state index is -0.918. The lowest BCUT2D eigenvalue weighted by Gasteiger charge is -2.29. The van der Waals surface area contributed by atoms with E-state index in [-0.39, 0.29) is 12.7 Å². The Labute approximate surface area is 109 Å². The lowest BCUT2D eigenvalue weighted by atomic mass is 10.1. The van der Waals surface area contributed by atoms with E-state index in [1.54, 1.807) is 0 Å². The third-order valence-corrected chi connectivity index (χ3v) is 3.18. The highest BCUT2D eigenvalue weighted by molar-refractivity contribution is 5.64. The Bertz CT molecular complexity index is 459. The Morgan fingerprint density at radius 1 is 1.32 bits per heavy atom. The van der Waals surface area contributed by atoms with Crippen LogP contribution in [0.4, 0.5) is 13.6 Å². The van der Waals surface area contributed by atoms with Crippen LogP contribution in [0.25, 0.3) is 0 Å². The average molecular weight is 271 g/mol. The molecule has 104 valence electrons. The van der Waals surface area contributed by atoms with Crippen LogP contribution in [0.1, 0.15) is 18.4 Å². The number of benzene rings is 1. The number of piperidine rings is 1. The van der Waals surface area contributed by atoms with E-state index in [2.05, 4.69) is 0 Å². The van der Waals surface area contributed by atoms with Gasteiger partial charge in [-0.25, -0.2) is 13.6 Å². The first kappa shape index (κ1) is 13.7. The number of carboxylic acid groups (broad SMARTS) is 1. The smallest absolute Gasteiger partial charge is 0.407 e. The minimum Gasteiger partial charge on any atom is -0.465 e. The van der Waals surface area contributed by atoms with Gasteiger partial charge in [-0.15, -0.1) is 0 Å². The topological polar surface area (TPSA) is 49.8 Å². The fraction of sp³-hybridized carbons (Fsp3) is 0.462. The van der Waals surface area contributed by atoms with Crippen molar-refractivity contribution in [3.63, 3.8) is 0 Å². The second-order valence-electron chi connectivity index (χ2n) is 4.53. The fourth-order valence-corrected chi connectivity index (χ4v) is 2.06. The minimum absolute atomic E-state index is 0.0382. The van der Waals surface area contributed by atoms with E-state index in [0.717, 1.165) is 12.1 Å². The van der Waals surface area contributed by atoms with Crippen LogP contribution in [0.5, 0.6) is 0 Å². The average Bonchev–Trinajstić information content (AvgIpc) is 2.40. The first-order valence-corrected chi connectivity index (χ1v) is 6.09. The maximum Gasteiger partial charge on any atom is 0.407 e. The number of likely N-dealkylation sites (tertiary alicyclic amines) is 1. The summed E-state index contributed by atoms with van der Waals surface area (Å²) in [6.45, 7) is 1.09. The number of nitrogens with zero attached hydrogens (tertiary/aromatic N) is 1. The Hall–Kier alpha value is -1.69. The number of rotatable bonds is 3. The van der Waals surface area contributed by atoms with Gasteiger partial charge in [-0.05, 0) is 30.5 Å². The van der Waals surface area contributed by atoms with E-state index >= 15 is 0 Å². The SMILES string of the molecule is O=C(O)N1CCC(OCc2ccc(F)c(F)c2)CC1. The monoisotopic (exact) mass is 271 g/mol. The van der Waals surface area contributed by atoms with E-state index in [1.165, 1.54) is 11.0 Å².